The number of fused-ring (bicyclic) bond motifs is 7. The van der Waals surface area contributed by atoms with E-state index in [2.05, 4.69) is 0 Å². The molecule has 0 aliphatic rings. The highest BCUT2D eigenvalue weighted by atomic mass is 19.4. The van der Waals surface area contributed by atoms with E-state index in [-0.39, 0.29) is 21.5 Å². The van der Waals surface area contributed by atoms with Crippen LogP contribution in [0.25, 0.3) is 87.3 Å². The molecule has 1 aromatic heterocycles. The molecular weight excluding hydrogens is 634 g/mol. The molecule has 8 aromatic carbocycles. The van der Waals surface area contributed by atoms with Crippen LogP contribution in [0.1, 0.15) is 11.1 Å². The summed E-state index contributed by atoms with van der Waals surface area (Å²) < 4.78 is 93.9. The number of alkyl halides is 6. The Kier molecular flexibility index (Phi) is 6.19. The van der Waals surface area contributed by atoms with Crippen LogP contribution in [0.2, 0.25) is 0 Å². The van der Waals surface area contributed by atoms with Gasteiger partial charge in [0.05, 0.1) is 11.1 Å². The van der Waals surface area contributed by atoms with Crippen LogP contribution in [-0.4, -0.2) is 0 Å². The third-order valence-electron chi connectivity index (χ3n) is 9.48. The lowest BCUT2D eigenvalue weighted by molar-refractivity contribution is -0.135. The molecule has 0 radical (unpaired) electrons. The van der Waals surface area contributed by atoms with Crippen molar-refractivity contribution in [3.63, 3.8) is 0 Å². The van der Waals surface area contributed by atoms with Gasteiger partial charge in [-0.25, -0.2) is 0 Å². The summed E-state index contributed by atoms with van der Waals surface area (Å²) in [5.41, 5.74) is 2.40. The van der Waals surface area contributed by atoms with Crippen LogP contribution in [-0.2, 0) is 12.4 Å². The van der Waals surface area contributed by atoms with Crippen molar-refractivity contribution in [2.45, 2.75) is 12.4 Å². The molecule has 1 nitrogen and oxygen atoms in total. The molecule has 0 amide bonds. The van der Waals surface area contributed by atoms with E-state index in [9.17, 15) is 26.3 Å². The second kappa shape index (κ2) is 10.3. The van der Waals surface area contributed by atoms with Crippen LogP contribution >= 0.6 is 0 Å². The zero-order valence-corrected chi connectivity index (χ0v) is 25.4. The minimum absolute atomic E-state index is 0.0943. The molecule has 0 spiro atoms. The predicted octanol–water partition coefficient (Wildman–Crippen LogP) is 13.6. The highest BCUT2D eigenvalue weighted by Gasteiger charge is 2.37. The van der Waals surface area contributed by atoms with Crippen LogP contribution in [0.15, 0.2) is 138 Å². The molecule has 0 aliphatic heterocycles. The summed E-state index contributed by atoms with van der Waals surface area (Å²) >= 11 is 0. The fourth-order valence-corrected chi connectivity index (χ4v) is 7.66. The summed E-state index contributed by atoms with van der Waals surface area (Å²) in [6.07, 6.45) is -9.17. The molecule has 9 aromatic rings. The van der Waals surface area contributed by atoms with Crippen molar-refractivity contribution >= 4 is 65.0 Å². The van der Waals surface area contributed by atoms with Gasteiger partial charge in [-0.3, -0.25) is 0 Å². The average Bonchev–Trinajstić information content (AvgIpc) is 3.46. The van der Waals surface area contributed by atoms with Gasteiger partial charge in [0.2, 0.25) is 0 Å². The normalized spacial score (nSPS) is 12.7. The number of furan rings is 1. The lowest BCUT2D eigenvalue weighted by Crippen LogP contribution is -2.07. The maximum absolute atomic E-state index is 14.6. The first kappa shape index (κ1) is 29.3. The van der Waals surface area contributed by atoms with Crippen molar-refractivity contribution in [3.8, 4) is 22.3 Å². The third kappa shape index (κ3) is 4.35. The van der Waals surface area contributed by atoms with Gasteiger partial charge < -0.3 is 4.42 Å². The lowest BCUT2D eigenvalue weighted by Gasteiger charge is -2.19. The quantitative estimate of drug-likeness (QED) is 0.133. The van der Waals surface area contributed by atoms with Gasteiger partial charge in [0, 0.05) is 10.8 Å². The summed E-state index contributed by atoms with van der Waals surface area (Å²) in [5.74, 6) is 0. The van der Waals surface area contributed by atoms with Crippen molar-refractivity contribution < 1.29 is 30.8 Å². The first-order valence-corrected chi connectivity index (χ1v) is 15.6. The average molecular weight is 657 g/mol. The van der Waals surface area contributed by atoms with Gasteiger partial charge in [-0.2, -0.15) is 26.3 Å². The predicted molar refractivity (Wildman–Crippen MR) is 185 cm³/mol. The molecule has 9 rings (SSSR count). The molecule has 1 heterocycles. The van der Waals surface area contributed by atoms with Crippen molar-refractivity contribution in [3.05, 3.63) is 145 Å². The first-order chi connectivity index (χ1) is 23.6. The second-order valence-electron chi connectivity index (χ2n) is 12.2. The van der Waals surface area contributed by atoms with Gasteiger partial charge in [-0.05, 0) is 83.5 Å². The second-order valence-corrected chi connectivity index (χ2v) is 12.2. The highest BCUT2D eigenvalue weighted by Crippen LogP contribution is 2.50. The van der Waals surface area contributed by atoms with E-state index in [4.69, 9.17) is 4.42 Å². The summed E-state index contributed by atoms with van der Waals surface area (Å²) in [6.45, 7) is 0. The zero-order chi connectivity index (χ0) is 33.7. The van der Waals surface area contributed by atoms with E-state index >= 15 is 0 Å². The number of halogens is 6. The first-order valence-electron chi connectivity index (χ1n) is 15.6. The van der Waals surface area contributed by atoms with Crippen molar-refractivity contribution in [2.75, 3.05) is 0 Å². The molecule has 49 heavy (non-hydrogen) atoms. The van der Waals surface area contributed by atoms with E-state index in [0.717, 1.165) is 0 Å². The van der Waals surface area contributed by atoms with Gasteiger partial charge in [0.15, 0.2) is 0 Å². The molecule has 7 heteroatoms. The standard InChI is InChI=1S/C42H22F6O/c43-41(44,45)39-28-14-5-1-10-24(28)36(25-11-2-6-15-29(25)39)23-20-21-34-33(22-23)38-32(18-9-19-35(38)49-34)37-26-12-3-7-16-30(26)40(42(46,47)48)31-17-8-4-13-27(31)37/h1-22H. The van der Waals surface area contributed by atoms with Gasteiger partial charge in [-0.15, -0.1) is 0 Å². The maximum atomic E-state index is 14.6. The van der Waals surface area contributed by atoms with Gasteiger partial charge >= 0.3 is 12.4 Å². The Morgan fingerprint density at radius 2 is 0.796 bits per heavy atom. The molecule has 0 atom stereocenters. The van der Waals surface area contributed by atoms with Gasteiger partial charge in [0.25, 0.3) is 0 Å². The SMILES string of the molecule is FC(F)(F)c1c2ccccc2c(-c2ccc3oc4cccc(-c5c6ccccc6c(C(F)(F)F)c6ccccc56)c4c3c2)c2ccccc12. The zero-order valence-electron chi connectivity index (χ0n) is 25.4. The fraction of sp³-hybridized carbons (Fsp3) is 0.0476. The summed E-state index contributed by atoms with van der Waals surface area (Å²) in [6, 6.07) is 37.2. The van der Waals surface area contributed by atoms with E-state index < -0.39 is 23.5 Å². The Morgan fingerprint density at radius 1 is 0.367 bits per heavy atom. The van der Waals surface area contributed by atoms with Crippen LogP contribution in [0.3, 0.4) is 0 Å². The molecule has 0 N–H and O–H groups in total. The smallest absolute Gasteiger partial charge is 0.417 e. The van der Waals surface area contributed by atoms with Crippen LogP contribution in [0.5, 0.6) is 0 Å². The van der Waals surface area contributed by atoms with Crippen LogP contribution in [0, 0.1) is 0 Å². The monoisotopic (exact) mass is 656 g/mol. The van der Waals surface area contributed by atoms with E-state index in [1.54, 1.807) is 78.9 Å². The molecule has 0 aliphatic carbocycles. The van der Waals surface area contributed by atoms with Crippen LogP contribution < -0.4 is 0 Å². The minimum atomic E-state index is -4.59. The molecule has 0 fully saturated rings. The molecular formula is C42H22F6O. The summed E-state index contributed by atoms with van der Waals surface area (Å²) in [5, 5.41) is 3.61. The molecule has 238 valence electrons. The highest BCUT2D eigenvalue weighted by molar-refractivity contribution is 6.23. The molecule has 0 saturated carbocycles. The Balaban J connectivity index is 1.40. The molecule has 0 unspecified atom stereocenters. The summed E-state index contributed by atoms with van der Waals surface area (Å²) in [7, 11) is 0. The number of rotatable bonds is 2. The topological polar surface area (TPSA) is 13.1 Å². The Hall–Kier alpha value is -5.82. The Bertz CT molecular complexity index is 2690. The Labute approximate surface area is 274 Å². The fourth-order valence-electron chi connectivity index (χ4n) is 7.66. The van der Waals surface area contributed by atoms with Crippen molar-refractivity contribution in [1.82, 2.24) is 0 Å². The number of benzene rings is 8. The third-order valence-corrected chi connectivity index (χ3v) is 9.48. The van der Waals surface area contributed by atoms with Crippen molar-refractivity contribution in [1.29, 1.82) is 0 Å². The lowest BCUT2D eigenvalue weighted by atomic mass is 9.86. The Morgan fingerprint density at radius 3 is 1.24 bits per heavy atom. The number of hydrogen-bond acceptors (Lipinski definition) is 1. The summed E-state index contributed by atoms with van der Waals surface area (Å²) in [4.78, 5) is 0. The largest absolute Gasteiger partial charge is 0.456 e. The molecule has 0 saturated heterocycles. The maximum Gasteiger partial charge on any atom is 0.417 e. The van der Waals surface area contributed by atoms with Gasteiger partial charge in [-0.1, -0.05) is 115 Å². The molecule has 0 bridgehead atoms. The van der Waals surface area contributed by atoms with E-state index in [1.165, 1.54) is 24.3 Å². The van der Waals surface area contributed by atoms with E-state index in [1.807, 2.05) is 30.3 Å². The number of hydrogen-bond donors (Lipinski definition) is 0. The van der Waals surface area contributed by atoms with Crippen LogP contribution in [0.4, 0.5) is 26.3 Å². The minimum Gasteiger partial charge on any atom is -0.456 e. The van der Waals surface area contributed by atoms with Gasteiger partial charge in [0.1, 0.15) is 11.2 Å². The van der Waals surface area contributed by atoms with Crippen molar-refractivity contribution in [2.24, 2.45) is 0 Å². The van der Waals surface area contributed by atoms with E-state index in [0.29, 0.717) is 65.7 Å².